The molecule has 0 fully saturated rings. The minimum absolute atomic E-state index is 0.0225. The molecule has 14 heteroatoms. The SMILES string of the molecule is COc1cc(C(=O)NC[C@@](O)(c2ccccc2)c2cc(C(C)(C)O)c(Cl)c(-c3ccc4c(c3Cl)OC(F)(F)O4)n2)cc2sc(C)nc12. The van der Waals surface area contributed by atoms with Gasteiger partial charge in [0, 0.05) is 16.7 Å². The highest BCUT2D eigenvalue weighted by molar-refractivity contribution is 7.18. The Kier molecular flexibility index (Phi) is 8.30. The number of methoxy groups -OCH3 is 1. The number of hydrogen-bond donors (Lipinski definition) is 3. The number of pyridine rings is 1. The van der Waals surface area contributed by atoms with Crippen LogP contribution < -0.4 is 19.5 Å². The minimum Gasteiger partial charge on any atom is -0.494 e. The van der Waals surface area contributed by atoms with Crippen LogP contribution in [0.1, 0.15) is 46.0 Å². The monoisotopic (exact) mass is 701 g/mol. The van der Waals surface area contributed by atoms with E-state index in [4.69, 9.17) is 27.9 Å². The molecule has 244 valence electrons. The quantitative estimate of drug-likeness (QED) is 0.155. The molecule has 3 heterocycles. The highest BCUT2D eigenvalue weighted by Crippen LogP contribution is 2.50. The van der Waals surface area contributed by atoms with Gasteiger partial charge in [-0.2, -0.15) is 0 Å². The summed E-state index contributed by atoms with van der Waals surface area (Å²) in [7, 11) is 1.49. The fraction of sp³-hybridized carbons (Fsp3) is 0.242. The molecule has 0 saturated heterocycles. The number of alkyl halides is 2. The number of rotatable bonds is 8. The second kappa shape index (κ2) is 11.9. The van der Waals surface area contributed by atoms with Crippen molar-refractivity contribution in [2.75, 3.05) is 13.7 Å². The number of ether oxygens (including phenoxy) is 3. The first-order valence-corrected chi connectivity index (χ1v) is 15.7. The maximum absolute atomic E-state index is 13.9. The standard InChI is InChI=1S/C33H27Cl2F2N3O6S/c1-16-39-28-22(44-4)12-17(13-23(28)47-16)30(41)38-15-32(43,18-8-6-5-7-9-18)24-14-20(31(2,3)42)26(35)27(40-24)19-10-11-21-29(25(19)34)46-33(36,37)45-21/h5-14,42-43H,15H2,1-4H3,(H,38,41)/t32-/m1/s1. The molecule has 0 aliphatic carbocycles. The summed E-state index contributed by atoms with van der Waals surface area (Å²) in [6.45, 7) is 4.44. The first-order chi connectivity index (χ1) is 22.1. The van der Waals surface area contributed by atoms with Crippen LogP contribution in [0, 0.1) is 6.92 Å². The fourth-order valence-corrected chi connectivity index (χ4v) is 6.89. The van der Waals surface area contributed by atoms with Gasteiger partial charge in [-0.15, -0.1) is 20.1 Å². The van der Waals surface area contributed by atoms with Crippen molar-refractivity contribution in [3.05, 3.63) is 98.1 Å². The van der Waals surface area contributed by atoms with Crippen molar-refractivity contribution in [3.63, 3.8) is 0 Å². The number of halogens is 4. The molecule has 47 heavy (non-hydrogen) atoms. The maximum atomic E-state index is 13.9. The van der Waals surface area contributed by atoms with Crippen molar-refractivity contribution < 1.29 is 38.0 Å². The summed E-state index contributed by atoms with van der Waals surface area (Å²) in [6.07, 6.45) is -3.93. The van der Waals surface area contributed by atoms with E-state index >= 15 is 0 Å². The number of benzene rings is 3. The van der Waals surface area contributed by atoms with E-state index in [1.165, 1.54) is 50.5 Å². The van der Waals surface area contributed by atoms with Crippen molar-refractivity contribution in [1.82, 2.24) is 15.3 Å². The molecule has 0 saturated carbocycles. The summed E-state index contributed by atoms with van der Waals surface area (Å²) >= 11 is 14.7. The average Bonchev–Trinajstić information content (AvgIpc) is 3.57. The summed E-state index contributed by atoms with van der Waals surface area (Å²) in [5, 5.41) is 26.9. The zero-order valence-electron chi connectivity index (χ0n) is 25.3. The number of carbonyl (C=O) groups excluding carboxylic acids is 1. The molecule has 3 aromatic carbocycles. The summed E-state index contributed by atoms with van der Waals surface area (Å²) in [4.78, 5) is 22.7. The molecule has 2 aromatic heterocycles. The number of aromatic nitrogens is 2. The van der Waals surface area contributed by atoms with Gasteiger partial charge in [-0.3, -0.25) is 4.79 Å². The minimum atomic E-state index is -3.93. The number of amides is 1. The van der Waals surface area contributed by atoms with Crippen molar-refractivity contribution in [2.24, 2.45) is 0 Å². The van der Waals surface area contributed by atoms with Crippen molar-refractivity contribution in [2.45, 2.75) is 38.3 Å². The lowest BCUT2D eigenvalue weighted by Gasteiger charge is -2.31. The lowest BCUT2D eigenvalue weighted by atomic mass is 9.86. The molecule has 0 unspecified atom stereocenters. The van der Waals surface area contributed by atoms with Crippen LogP contribution in [0.2, 0.25) is 10.0 Å². The Bertz CT molecular complexity index is 2040. The van der Waals surface area contributed by atoms with Gasteiger partial charge >= 0.3 is 6.29 Å². The van der Waals surface area contributed by atoms with Crippen LogP contribution in [0.3, 0.4) is 0 Å². The summed E-state index contributed by atoms with van der Waals surface area (Å²) in [6, 6.07) is 15.7. The summed E-state index contributed by atoms with van der Waals surface area (Å²) < 4.78 is 43.2. The van der Waals surface area contributed by atoms with Crippen molar-refractivity contribution in [3.8, 4) is 28.5 Å². The molecule has 0 bridgehead atoms. The van der Waals surface area contributed by atoms with Gasteiger partial charge in [0.15, 0.2) is 11.5 Å². The predicted octanol–water partition coefficient (Wildman–Crippen LogP) is 7.20. The number of aryl methyl sites for hydroxylation is 1. The molecular weight excluding hydrogens is 675 g/mol. The zero-order valence-corrected chi connectivity index (χ0v) is 27.7. The predicted molar refractivity (Wildman–Crippen MR) is 174 cm³/mol. The highest BCUT2D eigenvalue weighted by Gasteiger charge is 2.45. The Balaban J connectivity index is 1.47. The Labute approximate surface area is 281 Å². The van der Waals surface area contributed by atoms with Gasteiger partial charge in [-0.25, -0.2) is 9.97 Å². The number of fused-ring (bicyclic) bond motifs is 2. The number of carbonyl (C=O) groups is 1. The number of nitrogens with zero attached hydrogens (tertiary/aromatic N) is 2. The second-order valence-corrected chi connectivity index (χ2v) is 13.4. The Hall–Kier alpha value is -4.07. The smallest absolute Gasteiger partial charge is 0.494 e. The highest BCUT2D eigenvalue weighted by atomic mass is 35.5. The van der Waals surface area contributed by atoms with E-state index in [1.807, 2.05) is 6.92 Å². The number of aliphatic hydroxyl groups is 2. The van der Waals surface area contributed by atoms with E-state index in [0.717, 1.165) is 9.71 Å². The largest absolute Gasteiger partial charge is 0.586 e. The Morgan fingerprint density at radius 2 is 1.77 bits per heavy atom. The third kappa shape index (κ3) is 6.07. The molecule has 5 aromatic rings. The van der Waals surface area contributed by atoms with Gasteiger partial charge in [-0.05, 0) is 56.7 Å². The molecule has 3 N–H and O–H groups in total. The van der Waals surface area contributed by atoms with Crippen molar-refractivity contribution in [1.29, 1.82) is 0 Å². The lowest BCUT2D eigenvalue weighted by molar-refractivity contribution is -0.286. The number of nitrogens with one attached hydrogen (secondary N) is 1. The molecule has 6 rings (SSSR count). The molecule has 0 radical (unpaired) electrons. The van der Waals surface area contributed by atoms with Gasteiger partial charge in [0.25, 0.3) is 5.91 Å². The van der Waals surface area contributed by atoms with Gasteiger partial charge in [-0.1, -0.05) is 53.5 Å². The van der Waals surface area contributed by atoms with Gasteiger partial charge in [0.1, 0.15) is 16.9 Å². The Morgan fingerprint density at radius 3 is 2.45 bits per heavy atom. The first kappa shape index (κ1) is 32.9. The van der Waals surface area contributed by atoms with Crippen LogP contribution in [0.25, 0.3) is 21.5 Å². The van der Waals surface area contributed by atoms with Crippen LogP contribution >= 0.6 is 34.5 Å². The van der Waals surface area contributed by atoms with Crippen LogP contribution in [0.5, 0.6) is 17.2 Å². The zero-order chi connectivity index (χ0) is 33.9. The van der Waals surface area contributed by atoms with Crippen LogP contribution in [-0.2, 0) is 11.2 Å². The fourth-order valence-electron chi connectivity index (χ4n) is 5.29. The molecule has 1 aliphatic heterocycles. The Morgan fingerprint density at radius 1 is 1.04 bits per heavy atom. The van der Waals surface area contributed by atoms with E-state index in [0.29, 0.717) is 16.8 Å². The maximum Gasteiger partial charge on any atom is 0.586 e. The van der Waals surface area contributed by atoms with Crippen LogP contribution in [-0.4, -0.2) is 46.0 Å². The molecule has 1 aliphatic rings. The van der Waals surface area contributed by atoms with Crippen LogP contribution in [0.15, 0.2) is 60.7 Å². The van der Waals surface area contributed by atoms with E-state index in [1.54, 1.807) is 42.5 Å². The third-order valence-electron chi connectivity index (χ3n) is 7.61. The van der Waals surface area contributed by atoms with Crippen molar-refractivity contribution >= 4 is 50.7 Å². The molecule has 1 atom stereocenters. The summed E-state index contributed by atoms with van der Waals surface area (Å²) in [5.41, 5.74) is -2.14. The van der Waals surface area contributed by atoms with Crippen LogP contribution in [0.4, 0.5) is 8.78 Å². The van der Waals surface area contributed by atoms with Gasteiger partial charge in [0.2, 0.25) is 0 Å². The second-order valence-electron chi connectivity index (χ2n) is 11.4. The normalized spacial score (nSPS) is 15.0. The average molecular weight is 703 g/mol. The topological polar surface area (TPSA) is 123 Å². The molecule has 0 spiro atoms. The van der Waals surface area contributed by atoms with E-state index in [9.17, 15) is 23.8 Å². The molecule has 9 nitrogen and oxygen atoms in total. The van der Waals surface area contributed by atoms with Gasteiger partial charge < -0.3 is 29.7 Å². The number of thiazole rings is 1. The van der Waals surface area contributed by atoms with Gasteiger partial charge in [0.05, 0.1) is 50.4 Å². The van der Waals surface area contributed by atoms with E-state index in [2.05, 4.69) is 24.8 Å². The number of hydrogen-bond acceptors (Lipinski definition) is 9. The van der Waals surface area contributed by atoms with E-state index < -0.39 is 29.2 Å². The molecular formula is C33H27Cl2F2N3O6S. The lowest BCUT2D eigenvalue weighted by Crippen LogP contribution is -2.42. The third-order valence-corrected chi connectivity index (χ3v) is 9.29. The molecule has 1 amide bonds. The van der Waals surface area contributed by atoms with E-state index in [-0.39, 0.29) is 50.4 Å². The first-order valence-electron chi connectivity index (χ1n) is 14.1. The summed E-state index contributed by atoms with van der Waals surface area (Å²) in [5.74, 6) is -0.795.